The molecule has 53 heavy (non-hydrogen) atoms. The Morgan fingerprint density at radius 2 is 1.58 bits per heavy atom. The fourth-order valence-corrected chi connectivity index (χ4v) is 8.41. The zero-order valence-corrected chi connectivity index (χ0v) is 31.3. The average molecular weight is 728 g/mol. The number of benzene rings is 2. The molecule has 1 atom stereocenters. The first-order chi connectivity index (χ1) is 25.5. The number of urea groups is 1. The molecule has 1 aromatic heterocycles. The minimum atomic E-state index is -0.853. The molecule has 0 saturated carbocycles. The quantitative estimate of drug-likeness (QED) is 0.303. The smallest absolute Gasteiger partial charge is 0.427 e. The highest BCUT2D eigenvalue weighted by molar-refractivity contribution is 5.92. The lowest BCUT2D eigenvalue weighted by Crippen LogP contribution is -2.52. The van der Waals surface area contributed by atoms with Crippen molar-refractivity contribution in [2.45, 2.75) is 103 Å². The van der Waals surface area contributed by atoms with Gasteiger partial charge in [-0.2, -0.15) is 0 Å². The Morgan fingerprint density at radius 1 is 0.887 bits per heavy atom. The Balaban J connectivity index is 1.02. The Hall–Kier alpha value is -4.65. The van der Waals surface area contributed by atoms with Crippen LogP contribution in [0.1, 0.15) is 83.3 Å². The van der Waals surface area contributed by atoms with Gasteiger partial charge in [-0.05, 0) is 108 Å². The van der Waals surface area contributed by atoms with Crippen LogP contribution in [0.2, 0.25) is 0 Å². The summed E-state index contributed by atoms with van der Waals surface area (Å²) in [5.41, 5.74) is 2.73. The molecule has 0 aliphatic carbocycles. The summed E-state index contributed by atoms with van der Waals surface area (Å²) in [6.45, 7) is 10.6. The molecule has 3 fully saturated rings. The number of anilines is 1. The number of rotatable bonds is 8. The summed E-state index contributed by atoms with van der Waals surface area (Å²) < 4.78 is 5.28. The van der Waals surface area contributed by atoms with Crippen molar-refractivity contribution in [1.82, 2.24) is 29.5 Å². The normalized spacial score (nSPS) is 19.8. The first-order valence-electron chi connectivity index (χ1n) is 19.3. The van der Waals surface area contributed by atoms with Gasteiger partial charge in [0, 0.05) is 62.3 Å². The van der Waals surface area contributed by atoms with Gasteiger partial charge in [0.15, 0.2) is 0 Å². The van der Waals surface area contributed by atoms with E-state index in [2.05, 4.69) is 15.3 Å². The molecular weight excluding hydrogens is 674 g/mol. The minimum Gasteiger partial charge on any atom is -0.427 e. The van der Waals surface area contributed by atoms with E-state index >= 15 is 0 Å². The lowest BCUT2D eigenvalue weighted by molar-refractivity contribution is -0.143. The maximum absolute atomic E-state index is 14.3. The molecule has 0 radical (unpaired) electrons. The molecule has 4 aliphatic heterocycles. The second-order valence-corrected chi connectivity index (χ2v) is 16.1. The Morgan fingerprint density at radius 3 is 2.32 bits per heavy atom. The topological polar surface area (TPSA) is 130 Å². The molecule has 3 saturated heterocycles. The first-order valence-corrected chi connectivity index (χ1v) is 19.3. The van der Waals surface area contributed by atoms with Crippen LogP contribution in [0.5, 0.6) is 0 Å². The molecular formula is C40H53N7O6. The van der Waals surface area contributed by atoms with E-state index in [1.807, 2.05) is 57.2 Å². The fourth-order valence-electron chi connectivity index (χ4n) is 8.41. The maximum Gasteiger partial charge on any atom is 0.535 e. The number of carbonyl (C=O) groups excluding carboxylic acids is 4. The molecule has 4 aliphatic rings. The Kier molecular flexibility index (Phi) is 10.9. The van der Waals surface area contributed by atoms with Crippen LogP contribution in [0.3, 0.4) is 0 Å². The van der Waals surface area contributed by atoms with Gasteiger partial charge < -0.3 is 29.7 Å². The summed E-state index contributed by atoms with van der Waals surface area (Å²) in [7, 11) is 0. The van der Waals surface area contributed by atoms with Gasteiger partial charge in [0.1, 0.15) is 11.1 Å². The van der Waals surface area contributed by atoms with Crippen molar-refractivity contribution in [2.24, 2.45) is 5.92 Å². The van der Waals surface area contributed by atoms with E-state index in [0.717, 1.165) is 53.0 Å². The second kappa shape index (κ2) is 15.8. The van der Waals surface area contributed by atoms with E-state index in [4.69, 9.17) is 9.57 Å². The van der Waals surface area contributed by atoms with Crippen LogP contribution >= 0.6 is 0 Å². The van der Waals surface area contributed by atoms with E-state index in [1.54, 1.807) is 27.0 Å². The number of nitrogens with one attached hydrogen (secondary N) is 1. The van der Waals surface area contributed by atoms with Gasteiger partial charge in [-0.25, -0.2) is 9.59 Å². The molecule has 1 N–H and O–H groups in total. The van der Waals surface area contributed by atoms with Crippen molar-refractivity contribution in [3.05, 3.63) is 59.8 Å². The lowest BCUT2D eigenvalue weighted by Gasteiger charge is -2.41. The molecule has 2 aromatic carbocycles. The van der Waals surface area contributed by atoms with Crippen LogP contribution < -0.4 is 10.2 Å². The maximum atomic E-state index is 14.3. The summed E-state index contributed by atoms with van der Waals surface area (Å²) in [5.74, 6) is -0.530. The van der Waals surface area contributed by atoms with Crippen molar-refractivity contribution in [2.75, 3.05) is 44.6 Å². The number of nitrogens with zero attached hydrogens (tertiary/aromatic N) is 6. The van der Waals surface area contributed by atoms with Gasteiger partial charge >= 0.3 is 12.2 Å². The van der Waals surface area contributed by atoms with Crippen molar-refractivity contribution in [1.29, 1.82) is 0 Å². The van der Waals surface area contributed by atoms with Crippen LogP contribution in [0.25, 0.3) is 10.9 Å². The first kappa shape index (κ1) is 36.7. The molecule has 7 rings (SSSR count). The molecule has 3 aromatic rings. The van der Waals surface area contributed by atoms with Crippen LogP contribution in [0.4, 0.5) is 15.3 Å². The third-order valence-corrected chi connectivity index (χ3v) is 11.2. The lowest BCUT2D eigenvalue weighted by atomic mass is 9.91. The number of amides is 4. The molecule has 13 nitrogen and oxygen atoms in total. The predicted molar refractivity (Wildman–Crippen MR) is 200 cm³/mol. The summed E-state index contributed by atoms with van der Waals surface area (Å²) in [6.07, 6.45) is 8.36. The number of ether oxygens (including phenoxy) is 1. The molecule has 5 heterocycles. The summed E-state index contributed by atoms with van der Waals surface area (Å²) in [5, 5.41) is 7.99. The molecule has 13 heteroatoms. The highest BCUT2D eigenvalue weighted by Gasteiger charge is 2.36. The highest BCUT2D eigenvalue weighted by atomic mass is 16.8. The van der Waals surface area contributed by atoms with Crippen molar-refractivity contribution in [3.63, 3.8) is 0 Å². The Labute approximate surface area is 311 Å². The van der Waals surface area contributed by atoms with Crippen LogP contribution in [0.15, 0.2) is 48.7 Å². The van der Waals surface area contributed by atoms with E-state index in [0.29, 0.717) is 63.5 Å². The van der Waals surface area contributed by atoms with Gasteiger partial charge in [-0.3, -0.25) is 14.4 Å². The fraction of sp³-hybridized carbons (Fsp3) is 0.575. The summed E-state index contributed by atoms with van der Waals surface area (Å²) in [6, 6.07) is 14.0. The summed E-state index contributed by atoms with van der Waals surface area (Å²) in [4.78, 5) is 68.3. The van der Waals surface area contributed by atoms with Gasteiger partial charge in [0.25, 0.3) is 0 Å². The zero-order valence-electron chi connectivity index (χ0n) is 31.3. The van der Waals surface area contributed by atoms with E-state index in [1.165, 1.54) is 19.3 Å². The van der Waals surface area contributed by atoms with Crippen molar-refractivity contribution >= 4 is 40.6 Å². The number of para-hydroxylation sites is 1. The van der Waals surface area contributed by atoms with Gasteiger partial charge in [0.2, 0.25) is 11.8 Å². The number of hydrogen-bond donors (Lipinski definition) is 1. The molecule has 0 spiro atoms. The zero-order chi connectivity index (χ0) is 37.1. The number of piperidine rings is 3. The third kappa shape index (κ3) is 8.77. The number of likely N-dealkylation sites (tertiary alicyclic amines) is 3. The molecule has 4 amide bonds. The van der Waals surface area contributed by atoms with Crippen LogP contribution in [0, 0.1) is 5.92 Å². The van der Waals surface area contributed by atoms with E-state index in [-0.39, 0.29) is 30.3 Å². The van der Waals surface area contributed by atoms with Gasteiger partial charge in [-0.1, -0.05) is 35.5 Å². The highest BCUT2D eigenvalue weighted by Crippen LogP contribution is 2.29. The van der Waals surface area contributed by atoms with E-state index < -0.39 is 17.7 Å². The van der Waals surface area contributed by atoms with E-state index in [9.17, 15) is 19.2 Å². The predicted octanol–water partition coefficient (Wildman–Crippen LogP) is 5.46. The number of hydrogen-bond acceptors (Lipinski definition) is 8. The number of carbonyl (C=O) groups is 4. The van der Waals surface area contributed by atoms with Crippen molar-refractivity contribution in [3.8, 4) is 0 Å². The van der Waals surface area contributed by atoms with Crippen molar-refractivity contribution < 1.29 is 28.8 Å². The Bertz CT molecular complexity index is 1800. The monoisotopic (exact) mass is 727 g/mol. The average Bonchev–Trinajstić information content (AvgIpc) is 3.55. The number of aromatic nitrogens is 2. The third-order valence-electron chi connectivity index (χ3n) is 11.2. The molecule has 284 valence electrons. The number of fused-ring (bicyclic) bond motifs is 2. The van der Waals surface area contributed by atoms with Crippen LogP contribution in [-0.4, -0.2) is 110 Å². The summed E-state index contributed by atoms with van der Waals surface area (Å²) >= 11 is 0. The van der Waals surface area contributed by atoms with Gasteiger partial charge in [0.05, 0.1) is 12.1 Å². The minimum absolute atomic E-state index is 0.0260. The molecule has 1 unspecified atom stereocenters. The van der Waals surface area contributed by atoms with Gasteiger partial charge in [-0.15, -0.1) is 5.10 Å². The van der Waals surface area contributed by atoms with Crippen LogP contribution in [-0.2, 0) is 27.3 Å². The largest absolute Gasteiger partial charge is 0.535 e. The molecule has 0 bridgehead atoms. The standard InChI is InChI=1S/C40H53N7O6/c1-40(2,3)52-39(51)53-47-35-12-11-28(24-31(35)26-41-47)23-30(37(49)45-21-13-32(14-22-45)43-17-7-4-8-18-43)25-36(48)44-19-15-33(16-20-44)46-27-29-9-5-6-10-34(29)42-38(46)50/h5-6,9-12,24,26,30,32-33H,4,7-8,13-23,25,27H2,1-3H3,(H,42,50). The second-order valence-electron chi connectivity index (χ2n) is 16.1. The SMILES string of the molecule is CC(C)(C)OC(=O)On1ncc2cc(CC(CC(=O)N3CCC(N4Cc5ccccc5NC4=O)CC3)C(=O)N3CCC(N4CCCCC4)CC3)ccc21.